The SMILES string of the molecule is CC(O)CNc1ccccc1SC(F)F. The summed E-state index contributed by atoms with van der Waals surface area (Å²) in [4.78, 5) is 0.494. The molecule has 0 aliphatic rings. The Morgan fingerprint density at radius 3 is 2.67 bits per heavy atom. The van der Waals surface area contributed by atoms with Crippen molar-refractivity contribution in [3.63, 3.8) is 0 Å². The highest BCUT2D eigenvalue weighted by Gasteiger charge is 2.09. The molecule has 84 valence electrons. The number of thioether (sulfide) groups is 1. The minimum Gasteiger partial charge on any atom is -0.392 e. The molecule has 0 aliphatic heterocycles. The molecule has 1 unspecified atom stereocenters. The molecule has 0 amide bonds. The second kappa shape index (κ2) is 5.92. The Morgan fingerprint density at radius 1 is 1.40 bits per heavy atom. The molecule has 5 heteroatoms. The molecule has 0 bridgehead atoms. The Balaban J connectivity index is 2.68. The number of para-hydroxylation sites is 1. The average molecular weight is 233 g/mol. The van der Waals surface area contributed by atoms with Crippen LogP contribution < -0.4 is 5.32 Å². The number of aliphatic hydroxyl groups is 1. The molecular weight excluding hydrogens is 220 g/mol. The summed E-state index contributed by atoms with van der Waals surface area (Å²) in [6.07, 6.45) is -0.505. The van der Waals surface area contributed by atoms with Crippen molar-refractivity contribution >= 4 is 17.4 Å². The highest BCUT2D eigenvalue weighted by atomic mass is 32.2. The first kappa shape index (κ1) is 12.3. The fraction of sp³-hybridized carbons (Fsp3) is 0.400. The van der Waals surface area contributed by atoms with Gasteiger partial charge in [-0.1, -0.05) is 23.9 Å². The van der Waals surface area contributed by atoms with Crippen LogP contribution in [0.4, 0.5) is 14.5 Å². The van der Waals surface area contributed by atoms with Crippen LogP contribution in [0.2, 0.25) is 0 Å². The van der Waals surface area contributed by atoms with Gasteiger partial charge >= 0.3 is 0 Å². The summed E-state index contributed by atoms with van der Waals surface area (Å²) in [6.45, 7) is 1.98. The van der Waals surface area contributed by atoms with Crippen LogP contribution in [0.5, 0.6) is 0 Å². The number of halogens is 2. The fourth-order valence-electron chi connectivity index (χ4n) is 1.07. The Morgan fingerprint density at radius 2 is 2.07 bits per heavy atom. The number of benzene rings is 1. The van der Waals surface area contributed by atoms with Gasteiger partial charge in [0.15, 0.2) is 0 Å². The summed E-state index contributed by atoms with van der Waals surface area (Å²) in [5, 5.41) is 12.0. The van der Waals surface area contributed by atoms with E-state index in [2.05, 4.69) is 5.32 Å². The molecule has 0 saturated carbocycles. The van der Waals surface area contributed by atoms with Crippen LogP contribution in [0.15, 0.2) is 29.2 Å². The van der Waals surface area contributed by atoms with Gasteiger partial charge in [-0.25, -0.2) is 0 Å². The molecule has 1 rings (SSSR count). The Labute approximate surface area is 91.7 Å². The molecule has 1 aromatic rings. The molecule has 0 aliphatic carbocycles. The van der Waals surface area contributed by atoms with Crippen LogP contribution in [-0.4, -0.2) is 23.5 Å². The molecule has 0 aromatic heterocycles. The summed E-state index contributed by atoms with van der Waals surface area (Å²) in [5.41, 5.74) is 0.628. The summed E-state index contributed by atoms with van der Waals surface area (Å²) in [5.74, 6) is -2.43. The van der Waals surface area contributed by atoms with E-state index < -0.39 is 11.9 Å². The van der Waals surface area contributed by atoms with Gasteiger partial charge in [-0.3, -0.25) is 0 Å². The van der Waals surface area contributed by atoms with Crippen LogP contribution in [-0.2, 0) is 0 Å². The molecule has 0 spiro atoms. The first-order valence-electron chi connectivity index (χ1n) is 4.55. The van der Waals surface area contributed by atoms with E-state index in [1.54, 1.807) is 31.2 Å². The molecule has 2 N–H and O–H groups in total. The zero-order chi connectivity index (χ0) is 11.3. The molecule has 0 radical (unpaired) electrons. The number of anilines is 1. The number of hydrogen-bond acceptors (Lipinski definition) is 3. The van der Waals surface area contributed by atoms with Crippen LogP contribution in [0.1, 0.15) is 6.92 Å². The monoisotopic (exact) mass is 233 g/mol. The largest absolute Gasteiger partial charge is 0.392 e. The lowest BCUT2D eigenvalue weighted by molar-refractivity contribution is 0.208. The highest BCUT2D eigenvalue weighted by Crippen LogP contribution is 2.31. The van der Waals surface area contributed by atoms with E-state index in [-0.39, 0.29) is 0 Å². The predicted molar refractivity (Wildman–Crippen MR) is 58.5 cm³/mol. The maximum atomic E-state index is 12.2. The lowest BCUT2D eigenvalue weighted by Gasteiger charge is -2.12. The van der Waals surface area contributed by atoms with E-state index in [1.165, 1.54) is 0 Å². The zero-order valence-electron chi connectivity index (χ0n) is 8.28. The minimum absolute atomic E-state index is 0.348. The van der Waals surface area contributed by atoms with Crippen molar-refractivity contribution in [2.45, 2.75) is 23.7 Å². The van der Waals surface area contributed by atoms with E-state index in [4.69, 9.17) is 5.11 Å². The summed E-state index contributed by atoms with van der Waals surface area (Å²) in [7, 11) is 0. The van der Waals surface area contributed by atoms with Gasteiger partial charge in [0.05, 0.1) is 6.10 Å². The summed E-state index contributed by atoms with van der Waals surface area (Å²) >= 11 is 0.499. The molecular formula is C10H13F2NOS. The number of alkyl halides is 2. The Hall–Kier alpha value is -0.810. The van der Waals surface area contributed by atoms with Gasteiger partial charge in [-0.2, -0.15) is 8.78 Å². The summed E-state index contributed by atoms with van der Waals surface area (Å²) in [6, 6.07) is 6.81. The van der Waals surface area contributed by atoms with E-state index in [0.29, 0.717) is 28.9 Å². The zero-order valence-corrected chi connectivity index (χ0v) is 9.10. The van der Waals surface area contributed by atoms with E-state index in [0.717, 1.165) is 0 Å². The first-order chi connectivity index (χ1) is 7.09. The molecule has 1 aromatic carbocycles. The standard InChI is InChI=1S/C10H13F2NOS/c1-7(14)6-13-8-4-2-3-5-9(8)15-10(11)12/h2-5,7,10,13-14H,6H2,1H3. The van der Waals surface area contributed by atoms with Gasteiger partial charge in [-0.15, -0.1) is 0 Å². The third-order valence-corrected chi connectivity index (χ3v) is 2.48. The predicted octanol–water partition coefficient (Wildman–Crippen LogP) is 2.79. The molecule has 0 heterocycles. The van der Waals surface area contributed by atoms with E-state index >= 15 is 0 Å². The van der Waals surface area contributed by atoms with Gasteiger partial charge in [0.1, 0.15) is 0 Å². The van der Waals surface area contributed by atoms with Gasteiger partial charge in [0, 0.05) is 17.1 Å². The molecule has 2 nitrogen and oxygen atoms in total. The normalized spacial score (nSPS) is 12.9. The van der Waals surface area contributed by atoms with Gasteiger partial charge in [0.25, 0.3) is 5.76 Å². The maximum Gasteiger partial charge on any atom is 0.288 e. The van der Waals surface area contributed by atoms with Crippen molar-refractivity contribution in [2.75, 3.05) is 11.9 Å². The van der Waals surface area contributed by atoms with Crippen molar-refractivity contribution in [1.29, 1.82) is 0 Å². The molecule has 1 atom stereocenters. The van der Waals surface area contributed by atoms with Crippen molar-refractivity contribution in [2.24, 2.45) is 0 Å². The molecule has 0 fully saturated rings. The van der Waals surface area contributed by atoms with Crippen LogP contribution in [0.3, 0.4) is 0 Å². The van der Waals surface area contributed by atoms with Gasteiger partial charge < -0.3 is 10.4 Å². The average Bonchev–Trinajstić information content (AvgIpc) is 2.15. The van der Waals surface area contributed by atoms with E-state index in [9.17, 15) is 8.78 Å². The van der Waals surface area contributed by atoms with Crippen molar-refractivity contribution in [1.82, 2.24) is 0 Å². The lowest BCUT2D eigenvalue weighted by Crippen LogP contribution is -2.15. The van der Waals surface area contributed by atoms with Crippen molar-refractivity contribution in [3.05, 3.63) is 24.3 Å². The summed E-state index contributed by atoms with van der Waals surface area (Å²) < 4.78 is 24.4. The topological polar surface area (TPSA) is 32.3 Å². The quantitative estimate of drug-likeness (QED) is 0.767. The minimum atomic E-state index is -2.43. The molecule has 15 heavy (non-hydrogen) atoms. The first-order valence-corrected chi connectivity index (χ1v) is 5.43. The van der Waals surface area contributed by atoms with Crippen molar-refractivity contribution < 1.29 is 13.9 Å². The smallest absolute Gasteiger partial charge is 0.288 e. The van der Waals surface area contributed by atoms with Crippen LogP contribution in [0, 0.1) is 0 Å². The van der Waals surface area contributed by atoms with Crippen molar-refractivity contribution in [3.8, 4) is 0 Å². The second-order valence-electron chi connectivity index (χ2n) is 3.10. The third-order valence-electron chi connectivity index (χ3n) is 1.69. The van der Waals surface area contributed by atoms with E-state index in [1.807, 2.05) is 0 Å². The lowest BCUT2D eigenvalue weighted by atomic mass is 10.3. The Kier molecular flexibility index (Phi) is 4.84. The Bertz CT molecular complexity index is 307. The number of nitrogens with one attached hydrogen (secondary N) is 1. The van der Waals surface area contributed by atoms with Crippen LogP contribution in [0.25, 0.3) is 0 Å². The van der Waals surface area contributed by atoms with Crippen LogP contribution >= 0.6 is 11.8 Å². The third kappa shape index (κ3) is 4.48. The maximum absolute atomic E-state index is 12.2. The van der Waals surface area contributed by atoms with Gasteiger partial charge in [-0.05, 0) is 19.1 Å². The second-order valence-corrected chi connectivity index (χ2v) is 4.14. The highest BCUT2D eigenvalue weighted by molar-refractivity contribution is 7.99. The molecule has 0 saturated heterocycles. The number of hydrogen-bond donors (Lipinski definition) is 2. The fourth-order valence-corrected chi connectivity index (χ4v) is 1.69. The van der Waals surface area contributed by atoms with Gasteiger partial charge in [0.2, 0.25) is 0 Å². The number of rotatable bonds is 5. The number of aliphatic hydroxyl groups excluding tert-OH is 1.